The molecular weight excluding hydrogens is 542 g/mol. The maximum atomic E-state index is 13.0. The third-order valence-corrected chi connectivity index (χ3v) is 7.19. The van der Waals surface area contributed by atoms with Gasteiger partial charge in [0.2, 0.25) is 5.91 Å². The third kappa shape index (κ3) is 5.09. The van der Waals surface area contributed by atoms with E-state index in [1.54, 1.807) is 49.4 Å². The molecule has 3 N–H and O–H groups in total. The van der Waals surface area contributed by atoms with Crippen LogP contribution in [0.5, 0.6) is 5.75 Å². The Labute approximate surface area is 221 Å². The molecule has 1 amide bonds. The summed E-state index contributed by atoms with van der Waals surface area (Å²) >= 11 is 31.2. The molecule has 10 heteroatoms. The fourth-order valence-electron chi connectivity index (χ4n) is 3.68. The molecule has 2 unspecified atom stereocenters. The van der Waals surface area contributed by atoms with E-state index < -0.39 is 28.0 Å². The summed E-state index contributed by atoms with van der Waals surface area (Å²) in [6, 6.07) is 14.2. The summed E-state index contributed by atoms with van der Waals surface area (Å²) in [4.78, 5) is 25.7. The van der Waals surface area contributed by atoms with E-state index in [1.807, 2.05) is 0 Å². The lowest BCUT2D eigenvalue weighted by molar-refractivity contribution is -0.117. The van der Waals surface area contributed by atoms with Crippen molar-refractivity contribution in [3.8, 4) is 5.75 Å². The van der Waals surface area contributed by atoms with Crippen LogP contribution >= 0.6 is 58.0 Å². The van der Waals surface area contributed by atoms with Crippen LogP contribution in [0.25, 0.3) is 0 Å². The summed E-state index contributed by atoms with van der Waals surface area (Å²) < 4.78 is 4.07. The zero-order chi connectivity index (χ0) is 24.8. The average Bonchev–Trinajstić information content (AvgIpc) is 3.33. The zero-order valence-corrected chi connectivity index (χ0v) is 21.3. The van der Waals surface area contributed by atoms with E-state index in [9.17, 15) is 9.59 Å². The number of amides is 1. The Kier molecular flexibility index (Phi) is 6.96. The molecule has 0 heterocycles. The monoisotopic (exact) mass is 556 g/mol. The number of nitrogens with one attached hydrogen (secondary N) is 1. The number of anilines is 2. The first kappa shape index (κ1) is 25.0. The molecule has 0 spiro atoms. The van der Waals surface area contributed by atoms with E-state index in [-0.39, 0.29) is 10.6 Å². The van der Waals surface area contributed by atoms with Gasteiger partial charge in [-0.05, 0) is 72.6 Å². The number of nitrogens with two attached hydrogens (primary N) is 1. The Morgan fingerprint density at radius 3 is 2.29 bits per heavy atom. The van der Waals surface area contributed by atoms with E-state index in [1.165, 1.54) is 12.1 Å². The first-order valence-electron chi connectivity index (χ1n) is 10.00. The number of carbonyl (C=O) groups is 2. The average molecular weight is 559 g/mol. The number of alkyl halides is 2. The molecule has 1 aliphatic carbocycles. The van der Waals surface area contributed by atoms with Crippen molar-refractivity contribution in [3.63, 3.8) is 0 Å². The molecule has 0 aromatic heterocycles. The number of esters is 1. The molecule has 0 radical (unpaired) electrons. The molecule has 4 rings (SSSR count). The van der Waals surface area contributed by atoms with Crippen molar-refractivity contribution in [1.82, 2.24) is 0 Å². The first-order valence-corrected chi connectivity index (χ1v) is 11.9. The maximum Gasteiger partial charge on any atom is 0.345 e. The van der Waals surface area contributed by atoms with Crippen LogP contribution in [0.1, 0.15) is 27.4 Å². The highest BCUT2D eigenvalue weighted by atomic mass is 35.5. The lowest BCUT2D eigenvalue weighted by atomic mass is 10.1. The van der Waals surface area contributed by atoms with E-state index in [4.69, 9.17) is 68.5 Å². The summed E-state index contributed by atoms with van der Waals surface area (Å²) in [6.07, 6.45) is 0. The van der Waals surface area contributed by atoms with Crippen LogP contribution in [0, 0.1) is 12.8 Å². The van der Waals surface area contributed by atoms with Gasteiger partial charge < -0.3 is 15.8 Å². The molecule has 1 saturated carbocycles. The lowest BCUT2D eigenvalue weighted by Gasteiger charge is -2.10. The fraction of sp³-hybridized carbons (Fsp3) is 0.167. The van der Waals surface area contributed by atoms with Crippen LogP contribution in [0.2, 0.25) is 15.1 Å². The summed E-state index contributed by atoms with van der Waals surface area (Å²) in [5.74, 6) is -2.06. The van der Waals surface area contributed by atoms with Gasteiger partial charge in [0.15, 0.2) is 0 Å². The Morgan fingerprint density at radius 2 is 1.65 bits per heavy atom. The van der Waals surface area contributed by atoms with E-state index in [0.717, 1.165) is 5.56 Å². The zero-order valence-electron chi connectivity index (χ0n) is 17.5. The van der Waals surface area contributed by atoms with Gasteiger partial charge in [-0.2, -0.15) is 0 Å². The summed E-state index contributed by atoms with van der Waals surface area (Å²) in [6.45, 7) is 1.80. The van der Waals surface area contributed by atoms with Crippen molar-refractivity contribution in [2.24, 2.45) is 5.92 Å². The molecule has 0 bridgehead atoms. The molecule has 2 atom stereocenters. The van der Waals surface area contributed by atoms with Crippen LogP contribution in [0.15, 0.2) is 54.6 Å². The second-order valence-corrected chi connectivity index (χ2v) is 10.6. The number of hydrogen-bond donors (Lipinski definition) is 2. The number of benzene rings is 3. The Morgan fingerprint density at radius 1 is 0.971 bits per heavy atom. The van der Waals surface area contributed by atoms with Gasteiger partial charge in [-0.15, -0.1) is 23.2 Å². The van der Waals surface area contributed by atoms with Crippen molar-refractivity contribution >= 4 is 81.3 Å². The van der Waals surface area contributed by atoms with Gasteiger partial charge in [-0.3, -0.25) is 4.79 Å². The highest BCUT2D eigenvalue weighted by molar-refractivity contribution is 6.53. The largest absolute Gasteiger partial charge is 0.423 e. The molecule has 3 aromatic rings. The molecule has 176 valence electrons. The van der Waals surface area contributed by atoms with E-state index in [2.05, 4.69) is 5.32 Å². The molecule has 5 nitrogen and oxygen atoms in total. The first-order chi connectivity index (χ1) is 16.0. The quantitative estimate of drug-likeness (QED) is 0.149. The van der Waals surface area contributed by atoms with Crippen molar-refractivity contribution in [2.75, 3.05) is 11.1 Å². The van der Waals surface area contributed by atoms with Gasteiger partial charge in [-0.1, -0.05) is 34.8 Å². The minimum Gasteiger partial charge on any atom is -0.423 e. The normalized spacial score (nSPS) is 18.3. The summed E-state index contributed by atoms with van der Waals surface area (Å²) in [7, 11) is 0. The third-order valence-electron chi connectivity index (χ3n) is 5.49. The maximum absolute atomic E-state index is 13.0. The van der Waals surface area contributed by atoms with Gasteiger partial charge in [0.25, 0.3) is 0 Å². The van der Waals surface area contributed by atoms with E-state index >= 15 is 0 Å². The van der Waals surface area contributed by atoms with Crippen LogP contribution < -0.4 is 15.8 Å². The number of aryl methyl sites for hydroxylation is 1. The molecule has 3 aromatic carbocycles. The number of nitrogen functional groups attached to an aromatic ring is 1. The Hall–Kier alpha value is -2.15. The molecular formula is C24H17Cl5N2O3. The SMILES string of the molecule is Cc1cc(OC(=O)c2cc(NC(=O)C3C(c4cc(Cl)cc(Cl)c4)C3(Cl)Cl)ccc2Cl)ccc1N. The Balaban J connectivity index is 1.51. The van der Waals surface area contributed by atoms with Gasteiger partial charge in [0, 0.05) is 27.3 Å². The lowest BCUT2D eigenvalue weighted by Crippen LogP contribution is -2.18. The van der Waals surface area contributed by atoms with Crippen molar-refractivity contribution in [1.29, 1.82) is 0 Å². The minimum atomic E-state index is -1.33. The number of halogens is 5. The summed E-state index contributed by atoms with van der Waals surface area (Å²) in [5.41, 5.74) is 8.20. The predicted molar refractivity (Wildman–Crippen MR) is 138 cm³/mol. The number of rotatable bonds is 5. The van der Waals surface area contributed by atoms with Crippen LogP contribution in [-0.2, 0) is 4.79 Å². The second-order valence-electron chi connectivity index (χ2n) is 7.92. The molecule has 0 saturated heterocycles. The van der Waals surface area contributed by atoms with Gasteiger partial charge in [-0.25, -0.2) is 4.79 Å². The van der Waals surface area contributed by atoms with E-state index in [0.29, 0.717) is 32.7 Å². The van der Waals surface area contributed by atoms with Gasteiger partial charge >= 0.3 is 5.97 Å². The van der Waals surface area contributed by atoms with Crippen LogP contribution in [0.3, 0.4) is 0 Å². The predicted octanol–water partition coefficient (Wildman–Crippen LogP) is 7.28. The smallest absolute Gasteiger partial charge is 0.345 e. The molecule has 1 aliphatic rings. The van der Waals surface area contributed by atoms with Crippen LogP contribution in [0.4, 0.5) is 11.4 Å². The van der Waals surface area contributed by atoms with Crippen molar-refractivity contribution in [2.45, 2.75) is 17.2 Å². The Bertz CT molecular complexity index is 1290. The highest BCUT2D eigenvalue weighted by Crippen LogP contribution is 2.65. The second kappa shape index (κ2) is 9.48. The summed E-state index contributed by atoms with van der Waals surface area (Å²) in [5, 5.41) is 3.72. The van der Waals surface area contributed by atoms with Crippen molar-refractivity contribution < 1.29 is 14.3 Å². The number of ether oxygens (including phenoxy) is 1. The van der Waals surface area contributed by atoms with Crippen molar-refractivity contribution in [3.05, 3.63) is 86.4 Å². The highest BCUT2D eigenvalue weighted by Gasteiger charge is 2.67. The number of hydrogen-bond acceptors (Lipinski definition) is 4. The minimum absolute atomic E-state index is 0.0749. The van der Waals surface area contributed by atoms with Gasteiger partial charge in [0.1, 0.15) is 10.1 Å². The standard InChI is InChI=1S/C24H17Cl5N2O3/c1-11-6-16(3-5-19(11)30)34-23(33)17-10-15(2-4-18(17)27)31-22(32)21-20(24(21,28)29)12-7-13(25)9-14(26)8-12/h2-10,20-21H,30H2,1H3,(H,31,32). The molecule has 1 fully saturated rings. The van der Waals surface area contributed by atoms with Gasteiger partial charge in [0.05, 0.1) is 16.5 Å². The molecule has 34 heavy (non-hydrogen) atoms. The topological polar surface area (TPSA) is 81.4 Å². The fourth-order valence-corrected chi connectivity index (χ4v) is 5.24. The molecule has 0 aliphatic heterocycles. The van der Waals surface area contributed by atoms with Crippen LogP contribution in [-0.4, -0.2) is 16.2 Å². The number of carbonyl (C=O) groups excluding carboxylic acids is 2.